The molecule has 0 unspecified atom stereocenters. The Morgan fingerprint density at radius 2 is 1.26 bits per heavy atom. The summed E-state index contributed by atoms with van der Waals surface area (Å²) in [5, 5.41) is 0. The molecule has 0 radical (unpaired) electrons. The third kappa shape index (κ3) is 5.15. The highest BCUT2D eigenvalue weighted by Crippen LogP contribution is 2.32. The topological polar surface area (TPSA) is 18.5 Å². The zero-order valence-electron chi connectivity index (χ0n) is 18.7. The summed E-state index contributed by atoms with van der Waals surface area (Å²) in [7, 11) is 0. The number of rotatable bonds is 8. The first-order valence-corrected chi connectivity index (χ1v) is 10.8. The van der Waals surface area contributed by atoms with Gasteiger partial charge in [0.2, 0.25) is 0 Å². The lowest BCUT2D eigenvalue weighted by Crippen LogP contribution is -2.00. The van der Waals surface area contributed by atoms with Crippen LogP contribution in [0.4, 0.5) is 13.2 Å². The van der Waals surface area contributed by atoms with Crippen molar-refractivity contribution in [3.63, 3.8) is 0 Å². The maximum atomic E-state index is 14.9. The predicted molar refractivity (Wildman–Crippen MR) is 128 cm³/mol. The van der Waals surface area contributed by atoms with Gasteiger partial charge in [-0.1, -0.05) is 66.7 Å². The number of hydrogen-bond donors (Lipinski definition) is 0. The molecule has 0 bridgehead atoms. The Bertz CT molecular complexity index is 1300. The molecule has 0 aliphatic heterocycles. The normalized spacial score (nSPS) is 10.7. The first-order valence-electron chi connectivity index (χ1n) is 10.8. The lowest BCUT2D eigenvalue weighted by molar-refractivity contribution is 0.298. The van der Waals surface area contributed by atoms with Crippen LogP contribution in [0.5, 0.6) is 11.5 Å². The molecular weight excluding hydrogens is 437 g/mol. The van der Waals surface area contributed by atoms with Gasteiger partial charge in [0, 0.05) is 22.8 Å². The van der Waals surface area contributed by atoms with Crippen LogP contribution >= 0.6 is 0 Å². The van der Waals surface area contributed by atoms with Crippen LogP contribution < -0.4 is 9.47 Å². The minimum absolute atomic E-state index is 0.0150. The Morgan fingerprint density at radius 1 is 0.706 bits per heavy atom. The van der Waals surface area contributed by atoms with Crippen molar-refractivity contribution in [2.45, 2.75) is 13.5 Å². The summed E-state index contributed by atoms with van der Waals surface area (Å²) in [4.78, 5) is 0. The van der Waals surface area contributed by atoms with E-state index < -0.39 is 17.5 Å². The van der Waals surface area contributed by atoms with E-state index in [2.05, 4.69) is 6.58 Å². The van der Waals surface area contributed by atoms with E-state index in [4.69, 9.17) is 9.47 Å². The van der Waals surface area contributed by atoms with Crippen molar-refractivity contribution >= 4 is 0 Å². The smallest absolute Gasteiger partial charge is 0.167 e. The van der Waals surface area contributed by atoms with Gasteiger partial charge in [-0.25, -0.2) is 13.2 Å². The second kappa shape index (κ2) is 10.3. The number of aryl methyl sites for hydroxylation is 1. The van der Waals surface area contributed by atoms with E-state index in [0.717, 1.165) is 5.56 Å². The lowest BCUT2D eigenvalue weighted by atomic mass is 9.98. The van der Waals surface area contributed by atoms with Crippen molar-refractivity contribution in [2.24, 2.45) is 0 Å². The molecule has 0 saturated carbocycles. The van der Waals surface area contributed by atoms with Gasteiger partial charge < -0.3 is 9.47 Å². The van der Waals surface area contributed by atoms with Crippen LogP contribution in [0.1, 0.15) is 11.1 Å². The second-order valence-corrected chi connectivity index (χ2v) is 7.82. The van der Waals surface area contributed by atoms with Gasteiger partial charge in [-0.2, -0.15) is 0 Å². The van der Waals surface area contributed by atoms with E-state index in [1.165, 1.54) is 6.07 Å². The van der Waals surface area contributed by atoms with Crippen LogP contribution in [0.3, 0.4) is 0 Å². The van der Waals surface area contributed by atoms with E-state index in [-0.39, 0.29) is 17.7 Å². The summed E-state index contributed by atoms with van der Waals surface area (Å²) in [6.07, 6.45) is 1.58. The molecule has 0 fully saturated rings. The summed E-state index contributed by atoms with van der Waals surface area (Å²) in [5.74, 6) is -1.35. The SMILES string of the molecule is C=CCOc1ccc(COc2ccc(-c3ccc(-c4ccc(C)cc4)c(F)c3F)cc2)c(F)c1. The summed E-state index contributed by atoms with van der Waals surface area (Å²) in [5.41, 5.74) is 2.90. The lowest BCUT2D eigenvalue weighted by Gasteiger charge is -2.11. The average molecular weight is 460 g/mol. The fourth-order valence-corrected chi connectivity index (χ4v) is 3.51. The standard InChI is InChI=1S/C29H23F3O2/c1-3-16-33-24-13-10-22(27(30)17-24)18-34-23-11-8-21(9-12-23)26-15-14-25(28(31)29(26)32)20-6-4-19(2)5-7-20/h3-15,17H,1,16,18H2,2H3. The van der Waals surface area contributed by atoms with Crippen molar-refractivity contribution in [3.05, 3.63) is 120 Å². The summed E-state index contributed by atoms with van der Waals surface area (Å²) in [6.45, 7) is 5.80. The summed E-state index contributed by atoms with van der Waals surface area (Å²) >= 11 is 0. The first kappa shape index (κ1) is 23.2. The van der Waals surface area contributed by atoms with E-state index >= 15 is 0 Å². The van der Waals surface area contributed by atoms with E-state index in [1.807, 2.05) is 19.1 Å². The molecule has 0 heterocycles. The first-order chi connectivity index (χ1) is 16.5. The molecule has 172 valence electrons. The molecule has 0 N–H and O–H groups in total. The number of benzene rings is 4. The number of hydrogen-bond acceptors (Lipinski definition) is 2. The van der Waals surface area contributed by atoms with Crippen LogP contribution in [-0.4, -0.2) is 6.61 Å². The minimum Gasteiger partial charge on any atom is -0.489 e. The van der Waals surface area contributed by atoms with Gasteiger partial charge in [0.05, 0.1) is 0 Å². The van der Waals surface area contributed by atoms with Crippen molar-refractivity contribution in [1.82, 2.24) is 0 Å². The molecule has 0 saturated heterocycles. The van der Waals surface area contributed by atoms with Crippen molar-refractivity contribution in [3.8, 4) is 33.8 Å². The maximum absolute atomic E-state index is 14.9. The number of halogens is 3. The Hall–Kier alpha value is -3.99. The van der Waals surface area contributed by atoms with Gasteiger partial charge in [0.1, 0.15) is 30.5 Å². The largest absolute Gasteiger partial charge is 0.489 e. The molecule has 0 amide bonds. The Balaban J connectivity index is 1.47. The summed E-state index contributed by atoms with van der Waals surface area (Å²) in [6, 6.07) is 21.5. The van der Waals surface area contributed by atoms with Crippen molar-refractivity contribution < 1.29 is 22.6 Å². The zero-order valence-corrected chi connectivity index (χ0v) is 18.7. The third-order valence-corrected chi connectivity index (χ3v) is 5.40. The molecule has 4 aromatic carbocycles. The van der Waals surface area contributed by atoms with Crippen LogP contribution in [-0.2, 0) is 6.61 Å². The molecule has 4 aromatic rings. The van der Waals surface area contributed by atoms with Crippen molar-refractivity contribution in [2.75, 3.05) is 6.61 Å². The van der Waals surface area contributed by atoms with Gasteiger partial charge in [-0.05, 0) is 42.3 Å². The Morgan fingerprint density at radius 3 is 1.82 bits per heavy atom. The van der Waals surface area contributed by atoms with Crippen LogP contribution in [0.15, 0.2) is 91.5 Å². The van der Waals surface area contributed by atoms with Crippen LogP contribution in [0, 0.1) is 24.4 Å². The highest BCUT2D eigenvalue weighted by Gasteiger charge is 2.16. The van der Waals surface area contributed by atoms with E-state index in [9.17, 15) is 13.2 Å². The van der Waals surface area contributed by atoms with E-state index in [1.54, 1.807) is 66.7 Å². The fraction of sp³-hybridized carbons (Fsp3) is 0.103. The van der Waals surface area contributed by atoms with Gasteiger partial charge in [0.25, 0.3) is 0 Å². The van der Waals surface area contributed by atoms with E-state index in [0.29, 0.717) is 34.8 Å². The molecule has 0 spiro atoms. The quantitative estimate of drug-likeness (QED) is 0.249. The Labute approximate surface area is 196 Å². The molecule has 5 heteroatoms. The van der Waals surface area contributed by atoms with Crippen LogP contribution in [0.2, 0.25) is 0 Å². The average Bonchev–Trinajstić information content (AvgIpc) is 2.85. The molecule has 0 atom stereocenters. The second-order valence-electron chi connectivity index (χ2n) is 7.82. The number of ether oxygens (including phenoxy) is 2. The van der Waals surface area contributed by atoms with Gasteiger partial charge in [-0.15, -0.1) is 0 Å². The minimum atomic E-state index is -0.910. The predicted octanol–water partition coefficient (Wildman–Crippen LogP) is 7.89. The molecule has 34 heavy (non-hydrogen) atoms. The zero-order chi connectivity index (χ0) is 24.1. The fourth-order valence-electron chi connectivity index (χ4n) is 3.51. The molecule has 2 nitrogen and oxygen atoms in total. The summed E-state index contributed by atoms with van der Waals surface area (Å²) < 4.78 is 54.9. The third-order valence-electron chi connectivity index (χ3n) is 5.40. The molecular formula is C29H23F3O2. The maximum Gasteiger partial charge on any atom is 0.167 e. The van der Waals surface area contributed by atoms with Crippen molar-refractivity contribution in [1.29, 1.82) is 0 Å². The highest BCUT2D eigenvalue weighted by atomic mass is 19.2. The monoisotopic (exact) mass is 460 g/mol. The molecule has 0 aliphatic carbocycles. The van der Waals surface area contributed by atoms with Gasteiger partial charge in [-0.3, -0.25) is 0 Å². The van der Waals surface area contributed by atoms with Gasteiger partial charge >= 0.3 is 0 Å². The Kier molecular flexibility index (Phi) is 7.02. The van der Waals surface area contributed by atoms with Crippen LogP contribution in [0.25, 0.3) is 22.3 Å². The van der Waals surface area contributed by atoms with Gasteiger partial charge in [0.15, 0.2) is 11.6 Å². The molecule has 4 rings (SSSR count). The highest BCUT2D eigenvalue weighted by molar-refractivity contribution is 5.72. The molecule has 0 aliphatic rings. The molecule has 0 aromatic heterocycles.